The predicted octanol–water partition coefficient (Wildman–Crippen LogP) is 3.89. The third-order valence-corrected chi connectivity index (χ3v) is 3.90. The van der Waals surface area contributed by atoms with Gasteiger partial charge in [0.15, 0.2) is 0 Å². The summed E-state index contributed by atoms with van der Waals surface area (Å²) >= 11 is 3.10. The minimum Gasteiger partial charge on any atom is -0.314 e. The molecule has 1 heterocycles. The van der Waals surface area contributed by atoms with Gasteiger partial charge in [0.1, 0.15) is 11.6 Å². The number of nitrogens with one attached hydrogen (secondary N) is 1. The molecule has 1 atom stereocenters. The molecular weight excluding hydrogens is 338 g/mol. The molecule has 0 saturated heterocycles. The molecule has 2 aromatic rings. The Balaban J connectivity index is 2.19. The number of hydrogen-bond donors (Lipinski definition) is 1. The molecule has 0 radical (unpaired) electrons. The van der Waals surface area contributed by atoms with Gasteiger partial charge in [0, 0.05) is 24.0 Å². The molecule has 0 aliphatic carbocycles. The van der Waals surface area contributed by atoms with Crippen molar-refractivity contribution in [1.82, 2.24) is 10.3 Å². The van der Waals surface area contributed by atoms with Crippen LogP contribution in [0.5, 0.6) is 0 Å². The molecule has 0 aliphatic heterocycles. The van der Waals surface area contributed by atoms with Gasteiger partial charge in [-0.05, 0) is 59.1 Å². The number of halogens is 3. The van der Waals surface area contributed by atoms with Crippen LogP contribution >= 0.6 is 15.9 Å². The van der Waals surface area contributed by atoms with Gasteiger partial charge in [-0.25, -0.2) is 8.78 Å². The zero-order valence-corrected chi connectivity index (χ0v) is 13.3. The predicted molar refractivity (Wildman–Crippen MR) is 83.2 cm³/mol. The maximum absolute atomic E-state index is 14.1. The smallest absolute Gasteiger partial charge is 0.143 e. The highest BCUT2D eigenvalue weighted by molar-refractivity contribution is 9.10. The van der Waals surface area contributed by atoms with E-state index in [4.69, 9.17) is 0 Å². The standard InChI is InChI=1S/C16H17BrF2N2/c1-2-21-12(8-11-4-3-7-20-10-11)9-13-15(18)6-5-14(17)16(13)19/h3-7,10,12,21H,2,8-9H2,1H3. The summed E-state index contributed by atoms with van der Waals surface area (Å²) < 4.78 is 28.2. The Morgan fingerprint density at radius 3 is 2.71 bits per heavy atom. The van der Waals surface area contributed by atoms with Crippen LogP contribution in [0.4, 0.5) is 8.78 Å². The lowest BCUT2D eigenvalue weighted by atomic mass is 9.99. The minimum atomic E-state index is -0.524. The average Bonchev–Trinajstić information content (AvgIpc) is 2.49. The van der Waals surface area contributed by atoms with Crippen molar-refractivity contribution in [2.24, 2.45) is 0 Å². The molecule has 21 heavy (non-hydrogen) atoms. The summed E-state index contributed by atoms with van der Waals surface area (Å²) in [5.41, 5.74) is 1.15. The first kappa shape index (κ1) is 16.0. The van der Waals surface area contributed by atoms with E-state index < -0.39 is 11.6 Å². The van der Waals surface area contributed by atoms with Crippen LogP contribution in [-0.4, -0.2) is 17.6 Å². The summed E-state index contributed by atoms with van der Waals surface area (Å²) in [5.74, 6) is -1.03. The van der Waals surface area contributed by atoms with Crippen LogP contribution < -0.4 is 5.32 Å². The number of pyridine rings is 1. The van der Waals surface area contributed by atoms with Crippen molar-refractivity contribution in [3.63, 3.8) is 0 Å². The molecule has 112 valence electrons. The van der Waals surface area contributed by atoms with Crippen molar-refractivity contribution in [1.29, 1.82) is 0 Å². The molecule has 0 saturated carbocycles. The molecule has 0 fully saturated rings. The minimum absolute atomic E-state index is 0.0440. The molecule has 1 aromatic carbocycles. The van der Waals surface area contributed by atoms with Gasteiger partial charge in [-0.2, -0.15) is 0 Å². The van der Waals surface area contributed by atoms with Gasteiger partial charge in [0.25, 0.3) is 0 Å². The Bertz CT molecular complexity index is 590. The summed E-state index contributed by atoms with van der Waals surface area (Å²) in [4.78, 5) is 4.07. The first-order valence-electron chi connectivity index (χ1n) is 6.86. The Hall–Kier alpha value is -1.33. The largest absolute Gasteiger partial charge is 0.314 e. The van der Waals surface area contributed by atoms with E-state index in [1.807, 2.05) is 19.1 Å². The van der Waals surface area contributed by atoms with E-state index in [2.05, 4.69) is 26.2 Å². The quantitative estimate of drug-likeness (QED) is 0.796. The molecule has 1 aromatic heterocycles. The number of aromatic nitrogens is 1. The summed E-state index contributed by atoms with van der Waals surface area (Å²) in [6.45, 7) is 2.71. The second-order valence-electron chi connectivity index (χ2n) is 4.85. The monoisotopic (exact) mass is 354 g/mol. The van der Waals surface area contributed by atoms with Crippen molar-refractivity contribution in [3.05, 3.63) is 63.9 Å². The molecule has 1 unspecified atom stereocenters. The van der Waals surface area contributed by atoms with Gasteiger partial charge < -0.3 is 5.32 Å². The normalized spacial score (nSPS) is 12.4. The summed E-state index contributed by atoms with van der Waals surface area (Å²) in [7, 11) is 0. The fourth-order valence-electron chi connectivity index (χ4n) is 2.31. The van der Waals surface area contributed by atoms with E-state index in [-0.39, 0.29) is 16.1 Å². The second kappa shape index (κ2) is 7.61. The van der Waals surface area contributed by atoms with Crippen molar-refractivity contribution < 1.29 is 8.78 Å². The lowest BCUT2D eigenvalue weighted by Crippen LogP contribution is -2.33. The van der Waals surface area contributed by atoms with Gasteiger partial charge in [0.05, 0.1) is 4.47 Å². The topological polar surface area (TPSA) is 24.9 Å². The van der Waals surface area contributed by atoms with E-state index in [0.29, 0.717) is 12.8 Å². The molecule has 0 spiro atoms. The number of benzene rings is 1. The Kier molecular flexibility index (Phi) is 5.82. The van der Waals surface area contributed by atoms with E-state index >= 15 is 0 Å². The Morgan fingerprint density at radius 1 is 1.24 bits per heavy atom. The van der Waals surface area contributed by atoms with Crippen molar-refractivity contribution in [2.45, 2.75) is 25.8 Å². The third-order valence-electron chi connectivity index (χ3n) is 3.29. The SMILES string of the molecule is CCNC(Cc1cccnc1)Cc1c(F)ccc(Br)c1F. The van der Waals surface area contributed by atoms with Crippen LogP contribution in [-0.2, 0) is 12.8 Å². The average molecular weight is 355 g/mol. The van der Waals surface area contributed by atoms with Crippen LogP contribution in [0.25, 0.3) is 0 Å². The van der Waals surface area contributed by atoms with E-state index in [1.165, 1.54) is 12.1 Å². The summed E-state index contributed by atoms with van der Waals surface area (Å²) in [5, 5.41) is 3.28. The van der Waals surface area contributed by atoms with Crippen molar-refractivity contribution in [2.75, 3.05) is 6.54 Å². The molecule has 1 N–H and O–H groups in total. The maximum Gasteiger partial charge on any atom is 0.143 e. The molecule has 0 amide bonds. The zero-order valence-electron chi connectivity index (χ0n) is 11.7. The van der Waals surface area contributed by atoms with Crippen LogP contribution in [0.3, 0.4) is 0 Å². The lowest BCUT2D eigenvalue weighted by Gasteiger charge is -2.19. The highest BCUT2D eigenvalue weighted by Crippen LogP contribution is 2.23. The van der Waals surface area contributed by atoms with Crippen LogP contribution in [0.15, 0.2) is 41.1 Å². The van der Waals surface area contributed by atoms with Gasteiger partial charge >= 0.3 is 0 Å². The van der Waals surface area contributed by atoms with Crippen LogP contribution in [0, 0.1) is 11.6 Å². The van der Waals surface area contributed by atoms with Gasteiger partial charge in [0.2, 0.25) is 0 Å². The summed E-state index contributed by atoms with van der Waals surface area (Å²) in [6.07, 6.45) is 4.45. The number of rotatable bonds is 6. The van der Waals surface area contributed by atoms with E-state index in [0.717, 1.165) is 12.1 Å². The zero-order chi connectivity index (χ0) is 15.2. The van der Waals surface area contributed by atoms with Crippen LogP contribution in [0.2, 0.25) is 0 Å². The number of likely N-dealkylation sites (N-methyl/N-ethyl adjacent to an activating group) is 1. The van der Waals surface area contributed by atoms with Crippen molar-refractivity contribution >= 4 is 15.9 Å². The fourth-order valence-corrected chi connectivity index (χ4v) is 2.68. The summed E-state index contributed by atoms with van der Waals surface area (Å²) in [6, 6.07) is 6.45. The van der Waals surface area contributed by atoms with Gasteiger partial charge in [-0.15, -0.1) is 0 Å². The molecule has 2 rings (SSSR count). The Morgan fingerprint density at radius 2 is 2.05 bits per heavy atom. The molecule has 0 aliphatic rings. The van der Waals surface area contributed by atoms with Gasteiger partial charge in [-0.3, -0.25) is 4.98 Å². The second-order valence-corrected chi connectivity index (χ2v) is 5.70. The highest BCUT2D eigenvalue weighted by atomic mass is 79.9. The van der Waals surface area contributed by atoms with E-state index in [9.17, 15) is 8.78 Å². The Labute approximate surface area is 131 Å². The number of nitrogens with zero attached hydrogens (tertiary/aromatic N) is 1. The maximum atomic E-state index is 14.1. The lowest BCUT2D eigenvalue weighted by molar-refractivity contribution is 0.482. The first-order valence-corrected chi connectivity index (χ1v) is 7.65. The fraction of sp³-hybridized carbons (Fsp3) is 0.312. The van der Waals surface area contributed by atoms with Crippen molar-refractivity contribution in [3.8, 4) is 0 Å². The van der Waals surface area contributed by atoms with E-state index in [1.54, 1.807) is 12.4 Å². The molecular formula is C16H17BrF2N2. The van der Waals surface area contributed by atoms with Gasteiger partial charge in [-0.1, -0.05) is 13.0 Å². The molecule has 0 bridgehead atoms. The highest BCUT2D eigenvalue weighted by Gasteiger charge is 2.17. The molecule has 2 nitrogen and oxygen atoms in total. The molecule has 5 heteroatoms. The number of hydrogen-bond acceptors (Lipinski definition) is 2. The van der Waals surface area contributed by atoms with Crippen LogP contribution in [0.1, 0.15) is 18.1 Å². The first-order chi connectivity index (χ1) is 10.1. The third kappa shape index (κ3) is 4.32.